The van der Waals surface area contributed by atoms with Gasteiger partial charge in [-0.15, -0.1) is 0 Å². The van der Waals surface area contributed by atoms with E-state index in [2.05, 4.69) is 47.3 Å². The van der Waals surface area contributed by atoms with E-state index in [1.165, 1.54) is 11.1 Å². The maximum atomic E-state index is 4.17. The highest BCUT2D eigenvalue weighted by molar-refractivity contribution is 5.48. The molecule has 84 valence electrons. The van der Waals surface area contributed by atoms with Gasteiger partial charge in [-0.1, -0.05) is 6.07 Å². The van der Waals surface area contributed by atoms with E-state index in [0.717, 1.165) is 23.8 Å². The standard InChI is InChI=1S/C13H17N3/c1-9-4-5-12(6-10(9)2)15-8-13-7-14-11(3)16-13/h4-7,15H,8H2,1-3H3,(H,14,16). The Kier molecular flexibility index (Phi) is 2.95. The number of hydrogen-bond acceptors (Lipinski definition) is 2. The van der Waals surface area contributed by atoms with Gasteiger partial charge in [0.2, 0.25) is 0 Å². The van der Waals surface area contributed by atoms with Crippen LogP contribution in [0.1, 0.15) is 22.6 Å². The summed E-state index contributed by atoms with van der Waals surface area (Å²) in [5.41, 5.74) is 4.89. The van der Waals surface area contributed by atoms with Crippen molar-refractivity contribution in [2.75, 3.05) is 5.32 Å². The Labute approximate surface area is 95.9 Å². The number of hydrogen-bond donors (Lipinski definition) is 2. The van der Waals surface area contributed by atoms with Crippen LogP contribution in [0, 0.1) is 20.8 Å². The van der Waals surface area contributed by atoms with Gasteiger partial charge in [-0.3, -0.25) is 0 Å². The van der Waals surface area contributed by atoms with Crippen LogP contribution in [-0.4, -0.2) is 9.97 Å². The average molecular weight is 215 g/mol. The summed E-state index contributed by atoms with van der Waals surface area (Å²) in [6.07, 6.45) is 1.86. The highest BCUT2D eigenvalue weighted by atomic mass is 15.0. The first-order valence-electron chi connectivity index (χ1n) is 5.47. The van der Waals surface area contributed by atoms with E-state index >= 15 is 0 Å². The third-order valence-corrected chi connectivity index (χ3v) is 2.75. The van der Waals surface area contributed by atoms with Crippen LogP contribution in [0.2, 0.25) is 0 Å². The summed E-state index contributed by atoms with van der Waals surface area (Å²) >= 11 is 0. The predicted octanol–water partition coefficient (Wildman–Crippen LogP) is 2.95. The minimum absolute atomic E-state index is 0.781. The molecule has 2 N–H and O–H groups in total. The molecule has 1 aromatic heterocycles. The number of aromatic nitrogens is 2. The summed E-state index contributed by atoms with van der Waals surface area (Å²) in [4.78, 5) is 7.36. The maximum absolute atomic E-state index is 4.17. The molecule has 0 atom stereocenters. The van der Waals surface area contributed by atoms with E-state index in [9.17, 15) is 0 Å². The molecular weight excluding hydrogens is 198 g/mol. The smallest absolute Gasteiger partial charge is 0.103 e. The van der Waals surface area contributed by atoms with Gasteiger partial charge >= 0.3 is 0 Å². The molecule has 2 aromatic rings. The van der Waals surface area contributed by atoms with Gasteiger partial charge < -0.3 is 10.3 Å². The molecule has 0 saturated carbocycles. The Hall–Kier alpha value is -1.77. The number of benzene rings is 1. The molecule has 3 heteroatoms. The topological polar surface area (TPSA) is 40.7 Å². The molecule has 0 fully saturated rings. The first kappa shape index (κ1) is 10.7. The maximum Gasteiger partial charge on any atom is 0.103 e. The Bertz CT molecular complexity index is 486. The van der Waals surface area contributed by atoms with Gasteiger partial charge in [0, 0.05) is 5.69 Å². The van der Waals surface area contributed by atoms with Crippen LogP contribution >= 0.6 is 0 Å². The number of imidazole rings is 1. The van der Waals surface area contributed by atoms with E-state index in [4.69, 9.17) is 0 Å². The lowest BCUT2D eigenvalue weighted by atomic mass is 10.1. The number of aromatic amines is 1. The quantitative estimate of drug-likeness (QED) is 0.826. The van der Waals surface area contributed by atoms with Gasteiger partial charge in [0.25, 0.3) is 0 Å². The number of anilines is 1. The fourth-order valence-corrected chi connectivity index (χ4v) is 1.61. The zero-order chi connectivity index (χ0) is 11.5. The monoisotopic (exact) mass is 215 g/mol. The van der Waals surface area contributed by atoms with Crippen molar-refractivity contribution in [3.05, 3.63) is 47.0 Å². The van der Waals surface area contributed by atoms with Crippen molar-refractivity contribution >= 4 is 5.69 Å². The van der Waals surface area contributed by atoms with E-state index in [1.54, 1.807) is 0 Å². The van der Waals surface area contributed by atoms with Crippen LogP contribution in [-0.2, 0) is 6.54 Å². The molecule has 0 saturated heterocycles. The average Bonchev–Trinajstić information content (AvgIpc) is 2.66. The SMILES string of the molecule is Cc1ncc(CNc2ccc(C)c(C)c2)[nH]1. The summed E-state index contributed by atoms with van der Waals surface area (Å²) in [6, 6.07) is 6.40. The summed E-state index contributed by atoms with van der Waals surface area (Å²) < 4.78 is 0. The Morgan fingerprint density at radius 3 is 2.62 bits per heavy atom. The molecule has 3 nitrogen and oxygen atoms in total. The van der Waals surface area contributed by atoms with Crippen molar-refractivity contribution in [1.29, 1.82) is 0 Å². The Balaban J connectivity index is 2.02. The molecule has 0 aliphatic heterocycles. The van der Waals surface area contributed by atoms with Crippen LogP contribution in [0.15, 0.2) is 24.4 Å². The molecule has 0 aliphatic carbocycles. The van der Waals surface area contributed by atoms with Crippen LogP contribution in [0.4, 0.5) is 5.69 Å². The largest absolute Gasteiger partial charge is 0.379 e. The second-order valence-electron chi connectivity index (χ2n) is 4.15. The molecule has 1 aromatic carbocycles. The van der Waals surface area contributed by atoms with Crippen molar-refractivity contribution in [2.24, 2.45) is 0 Å². The zero-order valence-electron chi connectivity index (χ0n) is 9.96. The Morgan fingerprint density at radius 1 is 1.19 bits per heavy atom. The van der Waals surface area contributed by atoms with Gasteiger partial charge in [0.1, 0.15) is 5.82 Å². The van der Waals surface area contributed by atoms with Crippen molar-refractivity contribution in [1.82, 2.24) is 9.97 Å². The van der Waals surface area contributed by atoms with Crippen molar-refractivity contribution in [3.8, 4) is 0 Å². The van der Waals surface area contributed by atoms with Gasteiger partial charge in [0.05, 0.1) is 18.4 Å². The lowest BCUT2D eigenvalue weighted by Gasteiger charge is -2.07. The number of nitrogens with one attached hydrogen (secondary N) is 2. The molecule has 0 bridgehead atoms. The second kappa shape index (κ2) is 4.39. The third-order valence-electron chi connectivity index (χ3n) is 2.75. The first-order valence-corrected chi connectivity index (χ1v) is 5.47. The van der Waals surface area contributed by atoms with Crippen LogP contribution in [0.25, 0.3) is 0 Å². The minimum Gasteiger partial charge on any atom is -0.379 e. The van der Waals surface area contributed by atoms with E-state index in [-0.39, 0.29) is 0 Å². The van der Waals surface area contributed by atoms with Crippen LogP contribution in [0.3, 0.4) is 0 Å². The molecule has 16 heavy (non-hydrogen) atoms. The fourth-order valence-electron chi connectivity index (χ4n) is 1.61. The normalized spacial score (nSPS) is 10.4. The van der Waals surface area contributed by atoms with Gasteiger partial charge in [0.15, 0.2) is 0 Å². The fraction of sp³-hybridized carbons (Fsp3) is 0.308. The molecular formula is C13H17N3. The molecule has 0 unspecified atom stereocenters. The van der Waals surface area contributed by atoms with Crippen molar-refractivity contribution in [3.63, 3.8) is 0 Å². The van der Waals surface area contributed by atoms with E-state index in [0.29, 0.717) is 0 Å². The lowest BCUT2D eigenvalue weighted by molar-refractivity contribution is 1.05. The van der Waals surface area contributed by atoms with E-state index in [1.807, 2.05) is 13.1 Å². The minimum atomic E-state index is 0.781. The summed E-state index contributed by atoms with van der Waals surface area (Å²) in [5.74, 6) is 0.955. The van der Waals surface area contributed by atoms with Gasteiger partial charge in [-0.05, 0) is 44.0 Å². The summed E-state index contributed by atoms with van der Waals surface area (Å²) in [5, 5.41) is 3.37. The molecule has 1 heterocycles. The molecule has 0 amide bonds. The van der Waals surface area contributed by atoms with Crippen molar-refractivity contribution < 1.29 is 0 Å². The van der Waals surface area contributed by atoms with Gasteiger partial charge in [-0.25, -0.2) is 4.98 Å². The molecule has 0 radical (unpaired) electrons. The highest BCUT2D eigenvalue weighted by Crippen LogP contribution is 2.14. The predicted molar refractivity (Wildman–Crippen MR) is 66.6 cm³/mol. The number of aryl methyl sites for hydroxylation is 3. The molecule has 2 rings (SSSR count). The molecule has 0 aliphatic rings. The number of H-pyrrole nitrogens is 1. The zero-order valence-corrected chi connectivity index (χ0v) is 9.96. The van der Waals surface area contributed by atoms with Gasteiger partial charge in [-0.2, -0.15) is 0 Å². The summed E-state index contributed by atoms with van der Waals surface area (Å²) in [7, 11) is 0. The summed E-state index contributed by atoms with van der Waals surface area (Å²) in [6.45, 7) is 6.99. The van der Waals surface area contributed by atoms with E-state index < -0.39 is 0 Å². The van der Waals surface area contributed by atoms with Crippen molar-refractivity contribution in [2.45, 2.75) is 27.3 Å². The van der Waals surface area contributed by atoms with Crippen LogP contribution < -0.4 is 5.32 Å². The molecule has 0 spiro atoms. The third kappa shape index (κ3) is 2.42. The lowest BCUT2D eigenvalue weighted by Crippen LogP contribution is -2.00. The number of nitrogens with zero attached hydrogens (tertiary/aromatic N) is 1. The first-order chi connectivity index (χ1) is 7.65. The highest BCUT2D eigenvalue weighted by Gasteiger charge is 1.98. The second-order valence-corrected chi connectivity index (χ2v) is 4.15. The Morgan fingerprint density at radius 2 is 2.00 bits per heavy atom. The van der Waals surface area contributed by atoms with Crippen LogP contribution in [0.5, 0.6) is 0 Å². The number of rotatable bonds is 3.